The Hall–Kier alpha value is -2.88. The molecule has 24 heavy (non-hydrogen) atoms. The minimum Gasteiger partial charge on any atom is -0.505 e. The van der Waals surface area contributed by atoms with Crippen molar-refractivity contribution in [3.05, 3.63) is 69.9 Å². The van der Waals surface area contributed by atoms with Gasteiger partial charge in [-0.3, -0.25) is 0 Å². The van der Waals surface area contributed by atoms with Crippen LogP contribution in [-0.2, 0) is 6.42 Å². The second-order valence-corrected chi connectivity index (χ2v) is 6.38. The van der Waals surface area contributed by atoms with Crippen molar-refractivity contribution < 1.29 is 15.0 Å². The number of aryl methyl sites for hydroxylation is 2. The van der Waals surface area contributed by atoms with Crippen molar-refractivity contribution in [3.8, 4) is 5.75 Å². The third kappa shape index (κ3) is 1.92. The number of pyridine rings is 1. The van der Waals surface area contributed by atoms with Crippen molar-refractivity contribution in [2.75, 3.05) is 0 Å². The molecule has 120 valence electrons. The first-order valence-electron chi connectivity index (χ1n) is 7.93. The summed E-state index contributed by atoms with van der Waals surface area (Å²) < 4.78 is 0. The van der Waals surface area contributed by atoms with Crippen LogP contribution in [-0.4, -0.2) is 21.2 Å². The van der Waals surface area contributed by atoms with E-state index in [4.69, 9.17) is 0 Å². The van der Waals surface area contributed by atoms with E-state index in [9.17, 15) is 15.0 Å². The van der Waals surface area contributed by atoms with E-state index in [1.807, 2.05) is 38.1 Å². The summed E-state index contributed by atoms with van der Waals surface area (Å²) >= 11 is 0. The zero-order chi connectivity index (χ0) is 17.0. The number of aromatic carboxylic acids is 1. The third-order valence-corrected chi connectivity index (χ3v) is 5.08. The minimum absolute atomic E-state index is 0.0522. The van der Waals surface area contributed by atoms with Gasteiger partial charge in [0.15, 0.2) is 5.75 Å². The van der Waals surface area contributed by atoms with Gasteiger partial charge >= 0.3 is 5.97 Å². The van der Waals surface area contributed by atoms with Crippen molar-refractivity contribution in [3.63, 3.8) is 0 Å². The summed E-state index contributed by atoms with van der Waals surface area (Å²) in [6, 6.07) is 11.6. The highest BCUT2D eigenvalue weighted by Gasteiger charge is 2.33. The molecule has 0 amide bonds. The maximum atomic E-state index is 11.8. The molecule has 2 aromatic carbocycles. The molecule has 2 N–H and O–H groups in total. The highest BCUT2D eigenvalue weighted by molar-refractivity contribution is 6.06. The Balaban J connectivity index is 2.02. The standard InChI is InChI=1S/C20H17NO3/c1-10-7-8-14-16(20(23)24)19(22)18(21-17(14)11(10)2)15-9-12-5-3-4-6-13(12)15/h3-8,15,22H,9H2,1-2H3,(H,23,24). The van der Waals surface area contributed by atoms with Crippen LogP contribution in [0, 0.1) is 13.8 Å². The number of rotatable bonds is 2. The van der Waals surface area contributed by atoms with E-state index in [0.29, 0.717) is 16.6 Å². The zero-order valence-corrected chi connectivity index (χ0v) is 13.5. The molecule has 0 fully saturated rings. The largest absolute Gasteiger partial charge is 0.505 e. The van der Waals surface area contributed by atoms with Crippen LogP contribution in [0.1, 0.15) is 44.2 Å². The zero-order valence-electron chi connectivity index (χ0n) is 13.5. The SMILES string of the molecule is Cc1ccc2c(C(=O)O)c(O)c(C3Cc4ccccc43)nc2c1C. The minimum atomic E-state index is -1.13. The first kappa shape index (κ1) is 14.7. The van der Waals surface area contributed by atoms with Crippen molar-refractivity contribution in [1.82, 2.24) is 4.98 Å². The Morgan fingerprint density at radius 1 is 1.17 bits per heavy atom. The number of fused-ring (bicyclic) bond motifs is 2. The lowest BCUT2D eigenvalue weighted by atomic mass is 9.75. The lowest BCUT2D eigenvalue weighted by Crippen LogP contribution is -2.20. The van der Waals surface area contributed by atoms with Gasteiger partial charge in [0.2, 0.25) is 0 Å². The normalized spacial score (nSPS) is 15.8. The summed E-state index contributed by atoms with van der Waals surface area (Å²) in [6.07, 6.45) is 0.770. The molecule has 1 heterocycles. The number of carboxylic acid groups (broad SMARTS) is 1. The molecule has 1 aromatic heterocycles. The second kappa shape index (κ2) is 5.06. The fraction of sp³-hybridized carbons (Fsp3) is 0.200. The second-order valence-electron chi connectivity index (χ2n) is 6.38. The van der Waals surface area contributed by atoms with Gasteiger partial charge in [0, 0.05) is 11.3 Å². The topological polar surface area (TPSA) is 70.4 Å². The van der Waals surface area contributed by atoms with Gasteiger partial charge in [0.25, 0.3) is 0 Å². The molecule has 0 radical (unpaired) electrons. The van der Waals surface area contributed by atoms with Gasteiger partial charge in [-0.2, -0.15) is 0 Å². The lowest BCUT2D eigenvalue weighted by molar-refractivity contribution is 0.0695. The van der Waals surface area contributed by atoms with Crippen LogP contribution in [0.5, 0.6) is 5.75 Å². The number of aromatic nitrogens is 1. The Kier molecular flexibility index (Phi) is 3.10. The summed E-state index contributed by atoms with van der Waals surface area (Å²) in [5, 5.41) is 20.7. The van der Waals surface area contributed by atoms with E-state index in [-0.39, 0.29) is 17.2 Å². The lowest BCUT2D eigenvalue weighted by Gasteiger charge is -2.30. The van der Waals surface area contributed by atoms with Crippen molar-refractivity contribution in [2.24, 2.45) is 0 Å². The molecule has 0 saturated heterocycles. The van der Waals surface area contributed by atoms with E-state index in [2.05, 4.69) is 11.1 Å². The van der Waals surface area contributed by atoms with Crippen molar-refractivity contribution in [1.29, 1.82) is 0 Å². The number of aromatic hydroxyl groups is 1. The molecule has 1 atom stereocenters. The smallest absolute Gasteiger partial charge is 0.340 e. The molecule has 0 spiro atoms. The molecule has 4 heteroatoms. The molecule has 0 bridgehead atoms. The Bertz CT molecular complexity index is 1010. The summed E-state index contributed by atoms with van der Waals surface area (Å²) in [5.74, 6) is -1.39. The highest BCUT2D eigenvalue weighted by Crippen LogP contribution is 2.44. The fourth-order valence-corrected chi connectivity index (χ4v) is 3.54. The monoisotopic (exact) mass is 319 g/mol. The van der Waals surface area contributed by atoms with Gasteiger partial charge < -0.3 is 10.2 Å². The summed E-state index contributed by atoms with van der Waals surface area (Å²) in [6.45, 7) is 3.91. The number of nitrogens with zero attached hydrogens (tertiary/aromatic N) is 1. The molecule has 0 aliphatic heterocycles. The van der Waals surface area contributed by atoms with Gasteiger partial charge in [-0.1, -0.05) is 36.4 Å². The quantitative estimate of drug-likeness (QED) is 0.750. The number of carboxylic acids is 1. The summed E-state index contributed by atoms with van der Waals surface area (Å²) in [5.41, 5.74) is 5.41. The van der Waals surface area contributed by atoms with Crippen LogP contribution < -0.4 is 0 Å². The number of hydrogen-bond donors (Lipinski definition) is 2. The maximum Gasteiger partial charge on any atom is 0.340 e. The number of carbonyl (C=O) groups is 1. The molecule has 1 aliphatic rings. The van der Waals surface area contributed by atoms with E-state index in [0.717, 1.165) is 23.1 Å². The highest BCUT2D eigenvalue weighted by atomic mass is 16.4. The molecule has 1 unspecified atom stereocenters. The Labute approximate surface area is 139 Å². The van der Waals surface area contributed by atoms with E-state index in [1.165, 1.54) is 5.56 Å². The number of hydrogen-bond acceptors (Lipinski definition) is 3. The summed E-state index contributed by atoms with van der Waals surface area (Å²) in [4.78, 5) is 16.5. The van der Waals surface area contributed by atoms with Crippen LogP contribution in [0.2, 0.25) is 0 Å². The van der Waals surface area contributed by atoms with Crippen molar-refractivity contribution in [2.45, 2.75) is 26.2 Å². The molecule has 4 rings (SSSR count). The average molecular weight is 319 g/mol. The van der Waals surface area contributed by atoms with Gasteiger partial charge in [0.05, 0.1) is 11.2 Å². The van der Waals surface area contributed by atoms with Crippen LogP contribution in [0.15, 0.2) is 36.4 Å². The fourth-order valence-electron chi connectivity index (χ4n) is 3.54. The molecule has 1 aliphatic carbocycles. The van der Waals surface area contributed by atoms with Crippen molar-refractivity contribution >= 4 is 16.9 Å². The Morgan fingerprint density at radius 2 is 1.92 bits per heavy atom. The van der Waals surface area contributed by atoms with Crippen LogP contribution in [0.25, 0.3) is 10.9 Å². The molecule has 4 nitrogen and oxygen atoms in total. The average Bonchev–Trinajstić information content (AvgIpc) is 2.53. The number of benzene rings is 2. The third-order valence-electron chi connectivity index (χ3n) is 5.08. The van der Waals surface area contributed by atoms with Crippen LogP contribution in [0.4, 0.5) is 0 Å². The maximum absolute atomic E-state index is 11.8. The molecule has 0 saturated carbocycles. The van der Waals surface area contributed by atoms with Gasteiger partial charge in [0.1, 0.15) is 5.56 Å². The Morgan fingerprint density at radius 3 is 2.62 bits per heavy atom. The molecular weight excluding hydrogens is 302 g/mol. The van der Waals surface area contributed by atoms with E-state index < -0.39 is 5.97 Å². The van der Waals surface area contributed by atoms with Gasteiger partial charge in [-0.25, -0.2) is 9.78 Å². The first-order valence-corrected chi connectivity index (χ1v) is 7.93. The van der Waals surface area contributed by atoms with Crippen LogP contribution >= 0.6 is 0 Å². The molecular formula is C20H17NO3. The predicted molar refractivity (Wildman–Crippen MR) is 91.8 cm³/mol. The van der Waals surface area contributed by atoms with E-state index >= 15 is 0 Å². The van der Waals surface area contributed by atoms with Gasteiger partial charge in [-0.15, -0.1) is 0 Å². The van der Waals surface area contributed by atoms with Crippen LogP contribution in [0.3, 0.4) is 0 Å². The first-order chi connectivity index (χ1) is 11.5. The molecule has 3 aromatic rings. The summed E-state index contributed by atoms with van der Waals surface area (Å²) in [7, 11) is 0. The van der Waals surface area contributed by atoms with E-state index in [1.54, 1.807) is 6.07 Å². The predicted octanol–water partition coefficient (Wildman–Crippen LogP) is 3.94. The van der Waals surface area contributed by atoms with Gasteiger partial charge in [-0.05, 0) is 42.5 Å².